The van der Waals surface area contributed by atoms with Crippen molar-refractivity contribution in [3.05, 3.63) is 46.0 Å². The first-order chi connectivity index (χ1) is 7.54. The maximum Gasteiger partial charge on any atom is 0.254 e. The van der Waals surface area contributed by atoms with E-state index < -0.39 is 11.4 Å². The van der Waals surface area contributed by atoms with E-state index in [1.807, 2.05) is 0 Å². The smallest absolute Gasteiger partial charge is 0.254 e. The van der Waals surface area contributed by atoms with Crippen LogP contribution in [0.15, 0.2) is 29.1 Å². The lowest BCUT2D eigenvalue weighted by Gasteiger charge is -2.02. The van der Waals surface area contributed by atoms with Crippen LogP contribution in [0.4, 0.5) is 4.39 Å². The number of hydrogen-bond acceptors (Lipinski definition) is 3. The van der Waals surface area contributed by atoms with E-state index in [4.69, 9.17) is 5.11 Å². The topological polar surface area (TPSA) is 66.0 Å². The molecule has 2 aromatic rings. The summed E-state index contributed by atoms with van der Waals surface area (Å²) in [6, 6.07) is 5.23. The number of rotatable bonds is 1. The summed E-state index contributed by atoms with van der Waals surface area (Å²) in [5.74, 6) is -0.658. The highest BCUT2D eigenvalue weighted by Crippen LogP contribution is 2.18. The number of aromatic amines is 1. The van der Waals surface area contributed by atoms with Crippen molar-refractivity contribution in [3.8, 4) is 17.3 Å². The standard InChI is InChI=1S/C11H9FN2O2/c1-6-2-7(4-8(12)3-6)11-13-9(15)5-10(16)14-11/h2-5H,1H3,(H2,13,14,15,16). The summed E-state index contributed by atoms with van der Waals surface area (Å²) in [4.78, 5) is 17.3. The van der Waals surface area contributed by atoms with Gasteiger partial charge in [0.05, 0.1) is 6.07 Å². The van der Waals surface area contributed by atoms with Gasteiger partial charge in [0.25, 0.3) is 5.56 Å². The summed E-state index contributed by atoms with van der Waals surface area (Å²) in [5, 5.41) is 9.17. The average Bonchev–Trinajstić information content (AvgIpc) is 2.14. The van der Waals surface area contributed by atoms with Crippen LogP contribution in [0, 0.1) is 12.7 Å². The maximum absolute atomic E-state index is 13.1. The molecule has 0 unspecified atom stereocenters. The number of halogens is 1. The second kappa shape index (κ2) is 3.77. The van der Waals surface area contributed by atoms with Crippen LogP contribution in [0.5, 0.6) is 5.88 Å². The Labute approximate surface area is 90.4 Å². The Morgan fingerprint density at radius 2 is 2.06 bits per heavy atom. The van der Waals surface area contributed by atoms with Crippen LogP contribution < -0.4 is 5.56 Å². The molecule has 0 atom stereocenters. The first-order valence-electron chi connectivity index (χ1n) is 4.62. The summed E-state index contributed by atoms with van der Waals surface area (Å²) in [5.41, 5.74) is 0.649. The van der Waals surface area contributed by atoms with Crippen molar-refractivity contribution in [1.82, 2.24) is 9.97 Å². The van der Waals surface area contributed by atoms with Crippen molar-refractivity contribution in [2.24, 2.45) is 0 Å². The van der Waals surface area contributed by atoms with Gasteiger partial charge in [0.2, 0.25) is 5.88 Å². The second-order valence-corrected chi connectivity index (χ2v) is 3.47. The van der Waals surface area contributed by atoms with Gasteiger partial charge in [-0.25, -0.2) is 4.39 Å². The van der Waals surface area contributed by atoms with Gasteiger partial charge in [-0.15, -0.1) is 0 Å². The molecule has 0 amide bonds. The van der Waals surface area contributed by atoms with E-state index in [-0.39, 0.29) is 11.7 Å². The minimum Gasteiger partial charge on any atom is -0.493 e. The minimum absolute atomic E-state index is 0.146. The molecule has 1 heterocycles. The highest BCUT2D eigenvalue weighted by molar-refractivity contribution is 5.56. The van der Waals surface area contributed by atoms with Gasteiger partial charge in [-0.1, -0.05) is 0 Å². The molecule has 1 aromatic carbocycles. The van der Waals surface area contributed by atoms with Crippen LogP contribution in [0.2, 0.25) is 0 Å². The van der Waals surface area contributed by atoms with Gasteiger partial charge in [-0.3, -0.25) is 4.79 Å². The van der Waals surface area contributed by atoms with E-state index in [0.717, 1.165) is 6.07 Å². The lowest BCUT2D eigenvalue weighted by Crippen LogP contribution is -2.06. The van der Waals surface area contributed by atoms with Gasteiger partial charge < -0.3 is 10.1 Å². The molecule has 0 aliphatic heterocycles. The van der Waals surface area contributed by atoms with Crippen molar-refractivity contribution in [3.63, 3.8) is 0 Å². The largest absolute Gasteiger partial charge is 0.493 e. The molecular formula is C11H9FN2O2. The molecule has 0 fully saturated rings. The number of aryl methyl sites for hydroxylation is 1. The fourth-order valence-corrected chi connectivity index (χ4v) is 1.45. The molecule has 2 rings (SSSR count). The predicted octanol–water partition coefficient (Wildman–Crippen LogP) is 1.59. The molecule has 0 aliphatic carbocycles. The number of H-pyrrole nitrogens is 1. The van der Waals surface area contributed by atoms with Crippen LogP contribution in [-0.2, 0) is 0 Å². The Hall–Kier alpha value is -2.17. The summed E-state index contributed by atoms with van der Waals surface area (Å²) < 4.78 is 13.1. The molecular weight excluding hydrogens is 211 g/mol. The van der Waals surface area contributed by atoms with Gasteiger partial charge >= 0.3 is 0 Å². The first kappa shape index (κ1) is 10.4. The Morgan fingerprint density at radius 1 is 1.31 bits per heavy atom. The van der Waals surface area contributed by atoms with E-state index in [1.54, 1.807) is 13.0 Å². The molecule has 4 nitrogen and oxygen atoms in total. The lowest BCUT2D eigenvalue weighted by atomic mass is 10.1. The molecule has 5 heteroatoms. The van der Waals surface area contributed by atoms with Gasteiger partial charge in [-0.2, -0.15) is 4.98 Å². The summed E-state index contributed by atoms with van der Waals surface area (Å²) in [6.45, 7) is 1.73. The third-order valence-electron chi connectivity index (χ3n) is 2.04. The number of aromatic nitrogens is 2. The normalized spacial score (nSPS) is 10.4. The molecule has 0 saturated carbocycles. The summed E-state index contributed by atoms with van der Waals surface area (Å²) >= 11 is 0. The molecule has 16 heavy (non-hydrogen) atoms. The Balaban J connectivity index is 2.62. The number of nitrogens with one attached hydrogen (secondary N) is 1. The quantitative estimate of drug-likeness (QED) is 0.766. The van der Waals surface area contributed by atoms with E-state index >= 15 is 0 Å². The van der Waals surface area contributed by atoms with E-state index in [9.17, 15) is 9.18 Å². The van der Waals surface area contributed by atoms with Crippen molar-refractivity contribution < 1.29 is 9.50 Å². The Kier molecular flexibility index (Phi) is 2.44. The fraction of sp³-hybridized carbons (Fsp3) is 0.0909. The predicted molar refractivity (Wildman–Crippen MR) is 56.7 cm³/mol. The van der Waals surface area contributed by atoms with Gasteiger partial charge in [0.15, 0.2) is 0 Å². The summed E-state index contributed by atoms with van der Waals surface area (Å²) in [7, 11) is 0. The molecule has 0 radical (unpaired) electrons. The Morgan fingerprint density at radius 3 is 2.69 bits per heavy atom. The zero-order valence-electron chi connectivity index (χ0n) is 8.49. The zero-order chi connectivity index (χ0) is 11.7. The third-order valence-corrected chi connectivity index (χ3v) is 2.04. The minimum atomic E-state index is -0.482. The van der Waals surface area contributed by atoms with Crippen LogP contribution in [0.1, 0.15) is 5.56 Å². The van der Waals surface area contributed by atoms with Crippen LogP contribution >= 0.6 is 0 Å². The van der Waals surface area contributed by atoms with Crippen LogP contribution in [0.3, 0.4) is 0 Å². The van der Waals surface area contributed by atoms with E-state index in [0.29, 0.717) is 11.1 Å². The summed E-state index contributed by atoms with van der Waals surface area (Å²) in [6.07, 6.45) is 0. The third kappa shape index (κ3) is 2.08. The highest BCUT2D eigenvalue weighted by atomic mass is 19.1. The number of benzene rings is 1. The van der Waals surface area contributed by atoms with Crippen molar-refractivity contribution >= 4 is 0 Å². The average molecular weight is 220 g/mol. The fourth-order valence-electron chi connectivity index (χ4n) is 1.45. The van der Waals surface area contributed by atoms with Gasteiger partial charge in [0, 0.05) is 5.56 Å². The second-order valence-electron chi connectivity index (χ2n) is 3.47. The van der Waals surface area contributed by atoms with Crippen molar-refractivity contribution in [2.75, 3.05) is 0 Å². The van der Waals surface area contributed by atoms with E-state index in [1.165, 1.54) is 12.1 Å². The Bertz CT molecular complexity index is 573. The first-order valence-corrected chi connectivity index (χ1v) is 4.62. The van der Waals surface area contributed by atoms with Gasteiger partial charge in [-0.05, 0) is 30.7 Å². The van der Waals surface area contributed by atoms with Crippen LogP contribution in [-0.4, -0.2) is 15.1 Å². The molecule has 82 valence electrons. The molecule has 2 N–H and O–H groups in total. The zero-order valence-corrected chi connectivity index (χ0v) is 8.49. The van der Waals surface area contributed by atoms with Gasteiger partial charge in [0.1, 0.15) is 11.6 Å². The number of aromatic hydroxyl groups is 1. The maximum atomic E-state index is 13.1. The molecule has 0 bridgehead atoms. The molecule has 1 aromatic heterocycles. The van der Waals surface area contributed by atoms with E-state index in [2.05, 4.69) is 9.97 Å². The highest BCUT2D eigenvalue weighted by Gasteiger charge is 2.05. The van der Waals surface area contributed by atoms with Crippen molar-refractivity contribution in [1.29, 1.82) is 0 Å². The lowest BCUT2D eigenvalue weighted by molar-refractivity contribution is 0.452. The molecule has 0 saturated heterocycles. The number of hydrogen-bond donors (Lipinski definition) is 2. The van der Waals surface area contributed by atoms with Crippen molar-refractivity contribution in [2.45, 2.75) is 6.92 Å². The molecule has 0 aliphatic rings. The SMILES string of the molecule is Cc1cc(F)cc(-c2nc(O)cc(=O)[nH]2)c1. The number of nitrogens with zero attached hydrogens (tertiary/aromatic N) is 1. The monoisotopic (exact) mass is 220 g/mol. The van der Waals surface area contributed by atoms with Crippen LogP contribution in [0.25, 0.3) is 11.4 Å². The molecule has 0 spiro atoms.